The third-order valence-corrected chi connectivity index (χ3v) is 8.75. The van der Waals surface area contributed by atoms with Crippen LogP contribution in [0.3, 0.4) is 0 Å². The van der Waals surface area contributed by atoms with Crippen molar-refractivity contribution in [3.05, 3.63) is 138 Å². The van der Waals surface area contributed by atoms with E-state index in [-0.39, 0.29) is 0 Å². The molecule has 0 bridgehead atoms. The van der Waals surface area contributed by atoms with Gasteiger partial charge in [-0.2, -0.15) is 10.5 Å². The van der Waals surface area contributed by atoms with Gasteiger partial charge < -0.3 is 13.6 Å². The minimum atomic E-state index is 0.574. The summed E-state index contributed by atoms with van der Waals surface area (Å²) in [7, 11) is 0. The minimum absolute atomic E-state index is 0.574. The molecule has 0 unspecified atom stereocenters. The number of furan rings is 1. The monoisotopic (exact) mass is 573 g/mol. The Labute approximate surface area is 256 Å². The Hall–Kier alpha value is -6.81. The maximum absolute atomic E-state index is 9.61. The van der Waals surface area contributed by atoms with Crippen LogP contribution in [-0.4, -0.2) is 9.13 Å². The fraction of sp³-hybridized carbons (Fsp3) is 0. The van der Waals surface area contributed by atoms with Gasteiger partial charge in [-0.1, -0.05) is 30.3 Å². The zero-order valence-electron chi connectivity index (χ0n) is 23.6. The average Bonchev–Trinajstić information content (AvgIpc) is 3.73. The first-order valence-electron chi connectivity index (χ1n) is 14.4. The zero-order chi connectivity index (χ0) is 30.2. The van der Waals surface area contributed by atoms with Gasteiger partial charge in [0.2, 0.25) is 0 Å². The van der Waals surface area contributed by atoms with E-state index in [4.69, 9.17) is 11.0 Å². The van der Waals surface area contributed by atoms with Crippen LogP contribution >= 0.6 is 0 Å². The summed E-state index contributed by atoms with van der Waals surface area (Å²) < 4.78 is 10.8. The fourth-order valence-electron chi connectivity index (χ4n) is 6.79. The lowest BCUT2D eigenvalue weighted by molar-refractivity contribution is 0.669. The Morgan fingerprint density at radius 1 is 0.511 bits per heavy atom. The molecular formula is C39H19N5O. The highest BCUT2D eigenvalue weighted by atomic mass is 16.3. The van der Waals surface area contributed by atoms with E-state index in [1.54, 1.807) is 6.07 Å². The highest BCUT2D eigenvalue weighted by molar-refractivity contribution is 6.17. The largest absolute Gasteiger partial charge is 0.456 e. The summed E-state index contributed by atoms with van der Waals surface area (Å²) in [5.74, 6) is 0. The molecule has 0 aliphatic carbocycles. The molecule has 0 saturated carbocycles. The number of para-hydroxylation sites is 1. The molecule has 0 spiro atoms. The molecule has 6 nitrogen and oxygen atoms in total. The number of hydrogen-bond donors (Lipinski definition) is 0. The second-order valence-corrected chi connectivity index (χ2v) is 11.2. The Bertz CT molecular complexity index is 2790. The van der Waals surface area contributed by atoms with Crippen LogP contribution < -0.4 is 0 Å². The van der Waals surface area contributed by atoms with Crippen LogP contribution in [-0.2, 0) is 0 Å². The molecule has 206 valence electrons. The maximum atomic E-state index is 9.61. The molecule has 6 aromatic carbocycles. The quantitative estimate of drug-likeness (QED) is 0.193. The van der Waals surface area contributed by atoms with Crippen molar-refractivity contribution in [3.63, 3.8) is 0 Å². The predicted octanol–water partition coefficient (Wildman–Crippen LogP) is 10.1. The number of benzene rings is 6. The Balaban J connectivity index is 1.33. The van der Waals surface area contributed by atoms with Crippen molar-refractivity contribution in [3.8, 4) is 23.5 Å². The third-order valence-electron chi connectivity index (χ3n) is 8.75. The number of fused-ring (bicyclic) bond motifs is 9. The first-order valence-corrected chi connectivity index (χ1v) is 14.4. The predicted molar refractivity (Wildman–Crippen MR) is 178 cm³/mol. The summed E-state index contributed by atoms with van der Waals surface area (Å²) in [5, 5.41) is 25.2. The van der Waals surface area contributed by atoms with Crippen molar-refractivity contribution in [2.24, 2.45) is 0 Å². The summed E-state index contributed by atoms with van der Waals surface area (Å²) in [6, 6.07) is 42.5. The van der Waals surface area contributed by atoms with Gasteiger partial charge in [0.05, 0.1) is 51.9 Å². The van der Waals surface area contributed by atoms with Crippen LogP contribution in [0, 0.1) is 29.2 Å². The van der Waals surface area contributed by atoms with Crippen LogP contribution in [0.4, 0.5) is 5.69 Å². The van der Waals surface area contributed by atoms with Crippen LogP contribution in [0.25, 0.3) is 81.8 Å². The molecule has 0 amide bonds. The highest BCUT2D eigenvalue weighted by Gasteiger charge is 2.18. The molecule has 45 heavy (non-hydrogen) atoms. The normalized spacial score (nSPS) is 11.5. The lowest BCUT2D eigenvalue weighted by atomic mass is 10.1. The molecule has 0 atom stereocenters. The Morgan fingerprint density at radius 2 is 1.13 bits per heavy atom. The molecule has 3 aromatic heterocycles. The van der Waals surface area contributed by atoms with Crippen molar-refractivity contribution >= 4 is 71.2 Å². The SMILES string of the molecule is [C-]#[N+]c1ccc2oc3cc4c(cc3c2c1)c1ccccc1n4-c1cccc(-n2c3ccc(C#N)cc3c3cc(C#N)ccc32)c1. The lowest BCUT2D eigenvalue weighted by Crippen LogP contribution is -1.98. The molecule has 3 heterocycles. The van der Waals surface area contributed by atoms with E-state index in [1.165, 1.54) is 0 Å². The topological polar surface area (TPSA) is 74.9 Å². The number of aromatic nitrogens is 2. The van der Waals surface area contributed by atoms with E-state index in [0.29, 0.717) is 16.8 Å². The minimum Gasteiger partial charge on any atom is -0.456 e. The molecule has 0 N–H and O–H groups in total. The summed E-state index contributed by atoms with van der Waals surface area (Å²) in [5.41, 5.74) is 9.22. The highest BCUT2D eigenvalue weighted by Crippen LogP contribution is 2.40. The van der Waals surface area contributed by atoms with E-state index in [2.05, 4.69) is 86.8 Å². The van der Waals surface area contributed by atoms with Crippen molar-refractivity contribution in [2.75, 3.05) is 0 Å². The first-order chi connectivity index (χ1) is 22.1. The summed E-state index contributed by atoms with van der Waals surface area (Å²) in [6.07, 6.45) is 0. The van der Waals surface area contributed by atoms with Gasteiger partial charge in [0, 0.05) is 49.8 Å². The standard InChI is InChI=1S/C39H19N5O/c1-42-25-11-14-38-32(17-25)33-19-31-28-7-2-3-8-34(28)44(37(31)20-39(33)45-38)27-6-4-5-26(18-27)43-35-12-9-23(21-40)15-29(35)30-16-24(22-41)10-13-36(30)43/h2-20H. The number of rotatable bonds is 2. The molecule has 6 heteroatoms. The van der Waals surface area contributed by atoms with Crippen LogP contribution in [0.15, 0.2) is 120 Å². The maximum Gasteiger partial charge on any atom is 0.188 e. The Morgan fingerprint density at radius 3 is 1.82 bits per heavy atom. The molecule has 9 rings (SSSR count). The van der Waals surface area contributed by atoms with Gasteiger partial charge in [-0.25, -0.2) is 4.85 Å². The zero-order valence-corrected chi connectivity index (χ0v) is 23.6. The fourth-order valence-corrected chi connectivity index (χ4v) is 6.79. The van der Waals surface area contributed by atoms with Crippen LogP contribution in [0.1, 0.15) is 11.1 Å². The van der Waals surface area contributed by atoms with E-state index in [1.807, 2.05) is 48.5 Å². The van der Waals surface area contributed by atoms with E-state index in [9.17, 15) is 10.5 Å². The van der Waals surface area contributed by atoms with Gasteiger partial charge in [0.1, 0.15) is 11.2 Å². The summed E-state index contributed by atoms with van der Waals surface area (Å²) >= 11 is 0. The number of nitrogens with zero attached hydrogens (tertiary/aromatic N) is 5. The van der Waals surface area contributed by atoms with Crippen molar-refractivity contribution in [1.29, 1.82) is 10.5 Å². The smallest absolute Gasteiger partial charge is 0.188 e. The van der Waals surface area contributed by atoms with Crippen molar-refractivity contribution < 1.29 is 4.42 Å². The summed E-state index contributed by atoms with van der Waals surface area (Å²) in [6.45, 7) is 7.48. The molecule has 0 aliphatic rings. The van der Waals surface area contributed by atoms with E-state index >= 15 is 0 Å². The molecule has 0 fully saturated rings. The molecule has 9 aromatic rings. The van der Waals surface area contributed by atoms with Gasteiger partial charge in [0.15, 0.2) is 5.69 Å². The average molecular weight is 574 g/mol. The molecule has 0 aliphatic heterocycles. The number of hydrogen-bond acceptors (Lipinski definition) is 3. The van der Waals surface area contributed by atoms with Crippen LogP contribution in [0.2, 0.25) is 0 Å². The van der Waals surface area contributed by atoms with Gasteiger partial charge in [-0.15, -0.1) is 0 Å². The molecule has 0 radical (unpaired) electrons. The van der Waals surface area contributed by atoms with Crippen molar-refractivity contribution in [1.82, 2.24) is 9.13 Å². The van der Waals surface area contributed by atoms with Gasteiger partial charge in [0.25, 0.3) is 0 Å². The van der Waals surface area contributed by atoms with Gasteiger partial charge in [-0.3, -0.25) is 0 Å². The first kappa shape index (κ1) is 24.8. The second kappa shape index (κ2) is 9.09. The molecular weight excluding hydrogens is 554 g/mol. The lowest BCUT2D eigenvalue weighted by Gasteiger charge is -2.13. The molecule has 0 saturated heterocycles. The second-order valence-electron chi connectivity index (χ2n) is 11.2. The number of nitriles is 2. The van der Waals surface area contributed by atoms with Crippen molar-refractivity contribution in [2.45, 2.75) is 0 Å². The summed E-state index contributed by atoms with van der Waals surface area (Å²) in [4.78, 5) is 3.62. The third kappa shape index (κ3) is 3.47. The van der Waals surface area contributed by atoms with Crippen LogP contribution in [0.5, 0.6) is 0 Å². The van der Waals surface area contributed by atoms with E-state index < -0.39 is 0 Å². The van der Waals surface area contributed by atoms with Gasteiger partial charge in [-0.05, 0) is 78.9 Å². The van der Waals surface area contributed by atoms with Gasteiger partial charge >= 0.3 is 0 Å². The van der Waals surface area contributed by atoms with E-state index in [0.717, 1.165) is 76.9 Å². The Kier molecular flexibility index (Phi) is 5.00.